The average molecular weight is 336 g/mol. The van der Waals surface area contributed by atoms with Crippen LogP contribution >= 0.6 is 0 Å². The summed E-state index contributed by atoms with van der Waals surface area (Å²) in [5.41, 5.74) is 7.24. The third-order valence-electron chi connectivity index (χ3n) is 3.94. The summed E-state index contributed by atoms with van der Waals surface area (Å²) < 4.78 is 1.44. The number of hydrogen-bond donors (Lipinski definition) is 2. The molecule has 3 rings (SSSR count). The number of anilines is 1. The molecule has 0 unspecified atom stereocenters. The number of nitrogens with one attached hydrogen (secondary N) is 1. The van der Waals surface area contributed by atoms with Crippen molar-refractivity contribution in [1.29, 1.82) is 0 Å². The number of hydrogen-bond acceptors (Lipinski definition) is 4. The molecule has 25 heavy (non-hydrogen) atoms. The van der Waals surface area contributed by atoms with Crippen LogP contribution in [0.3, 0.4) is 0 Å². The molecule has 1 aromatic carbocycles. The molecule has 0 aliphatic carbocycles. The fourth-order valence-corrected chi connectivity index (χ4v) is 2.69. The molecule has 3 aromatic rings. The Hall–Kier alpha value is -3.15. The zero-order chi connectivity index (χ0) is 17.8. The summed E-state index contributed by atoms with van der Waals surface area (Å²) in [4.78, 5) is 31.3. The number of aromatic amines is 1. The normalized spacial score (nSPS) is 11.4. The van der Waals surface area contributed by atoms with Crippen LogP contribution in [0.2, 0.25) is 0 Å². The predicted octanol–water partition coefficient (Wildman–Crippen LogP) is 2.53. The van der Waals surface area contributed by atoms with E-state index in [9.17, 15) is 9.59 Å². The lowest BCUT2D eigenvalue weighted by molar-refractivity contribution is 0.776. The van der Waals surface area contributed by atoms with Gasteiger partial charge in [-0.25, -0.2) is 4.98 Å². The number of benzene rings is 1. The second kappa shape index (κ2) is 7.17. The van der Waals surface area contributed by atoms with Crippen molar-refractivity contribution in [2.75, 3.05) is 5.73 Å². The van der Waals surface area contributed by atoms with Crippen LogP contribution < -0.4 is 16.9 Å². The molecule has 0 saturated heterocycles. The first kappa shape index (κ1) is 16.7. The summed E-state index contributed by atoms with van der Waals surface area (Å²) in [6.45, 7) is 2.39. The Bertz CT molecular complexity index is 1030. The largest absolute Gasteiger partial charge is 0.382 e. The fourth-order valence-electron chi connectivity index (χ4n) is 2.69. The first-order valence-corrected chi connectivity index (χ1v) is 8.24. The van der Waals surface area contributed by atoms with Crippen LogP contribution in [0.15, 0.2) is 52.1 Å². The van der Waals surface area contributed by atoms with E-state index in [-0.39, 0.29) is 5.82 Å². The maximum Gasteiger partial charge on any atom is 0.317 e. The molecule has 6 heteroatoms. The maximum atomic E-state index is 12.4. The number of fused-ring (bicyclic) bond motifs is 1. The Labute approximate surface area is 144 Å². The summed E-state index contributed by atoms with van der Waals surface area (Å²) in [6.07, 6.45) is 5.86. The van der Waals surface area contributed by atoms with Gasteiger partial charge in [0.1, 0.15) is 11.3 Å². The van der Waals surface area contributed by atoms with E-state index in [1.807, 2.05) is 42.5 Å². The van der Waals surface area contributed by atoms with Crippen molar-refractivity contribution < 1.29 is 0 Å². The van der Waals surface area contributed by atoms with E-state index in [4.69, 9.17) is 5.73 Å². The van der Waals surface area contributed by atoms with Gasteiger partial charge in [0.25, 0.3) is 0 Å². The SMILES string of the molecule is CCC/C=C/c1cc2c([nH]c(=O)c(=O)n2Cc2ccccc2)c(N)n1. The number of nitrogens with zero attached hydrogens (tertiary/aromatic N) is 2. The molecule has 0 aliphatic heterocycles. The molecule has 128 valence electrons. The number of aromatic nitrogens is 3. The maximum absolute atomic E-state index is 12.4. The van der Waals surface area contributed by atoms with Crippen LogP contribution in [0, 0.1) is 0 Å². The van der Waals surface area contributed by atoms with Crippen molar-refractivity contribution in [2.45, 2.75) is 26.3 Å². The van der Waals surface area contributed by atoms with Gasteiger partial charge in [-0.15, -0.1) is 0 Å². The van der Waals surface area contributed by atoms with Crippen LogP contribution in [-0.4, -0.2) is 14.5 Å². The molecule has 0 bridgehead atoms. The highest BCUT2D eigenvalue weighted by molar-refractivity contribution is 5.85. The second-order valence-electron chi connectivity index (χ2n) is 5.85. The number of unbranched alkanes of at least 4 members (excludes halogenated alkanes) is 1. The van der Waals surface area contributed by atoms with Crippen molar-refractivity contribution in [1.82, 2.24) is 14.5 Å². The van der Waals surface area contributed by atoms with Gasteiger partial charge >= 0.3 is 11.1 Å². The molecule has 0 saturated carbocycles. The highest BCUT2D eigenvalue weighted by Crippen LogP contribution is 2.18. The molecular formula is C19H20N4O2. The van der Waals surface area contributed by atoms with Gasteiger partial charge in [0.05, 0.1) is 17.8 Å². The Morgan fingerprint density at radius 3 is 2.72 bits per heavy atom. The van der Waals surface area contributed by atoms with Crippen LogP contribution in [0.4, 0.5) is 5.82 Å². The monoisotopic (exact) mass is 336 g/mol. The van der Waals surface area contributed by atoms with Gasteiger partial charge in [-0.2, -0.15) is 0 Å². The number of H-pyrrole nitrogens is 1. The van der Waals surface area contributed by atoms with Crippen molar-refractivity contribution in [3.05, 3.63) is 74.4 Å². The lowest BCUT2D eigenvalue weighted by atomic mass is 10.2. The lowest BCUT2D eigenvalue weighted by Crippen LogP contribution is -2.37. The molecule has 0 aliphatic rings. The van der Waals surface area contributed by atoms with Gasteiger partial charge in [-0.05, 0) is 24.1 Å². The molecule has 3 N–H and O–H groups in total. The Balaban J connectivity index is 2.20. The van der Waals surface area contributed by atoms with Crippen LogP contribution in [-0.2, 0) is 6.54 Å². The number of allylic oxidation sites excluding steroid dienone is 1. The van der Waals surface area contributed by atoms with Crippen LogP contribution in [0.1, 0.15) is 31.0 Å². The minimum atomic E-state index is -0.703. The number of nitrogens with two attached hydrogens (primary N) is 1. The van der Waals surface area contributed by atoms with Gasteiger partial charge in [-0.1, -0.05) is 49.8 Å². The molecule has 0 atom stereocenters. The van der Waals surface area contributed by atoms with Gasteiger partial charge < -0.3 is 10.7 Å². The van der Waals surface area contributed by atoms with E-state index in [1.165, 1.54) is 4.57 Å². The van der Waals surface area contributed by atoms with Gasteiger partial charge in [0.15, 0.2) is 0 Å². The first-order chi connectivity index (χ1) is 12.1. The third-order valence-corrected chi connectivity index (χ3v) is 3.94. The Morgan fingerprint density at radius 2 is 2.00 bits per heavy atom. The van der Waals surface area contributed by atoms with E-state index in [2.05, 4.69) is 16.9 Å². The highest BCUT2D eigenvalue weighted by Gasteiger charge is 2.12. The zero-order valence-corrected chi connectivity index (χ0v) is 14.0. The number of pyridine rings is 1. The smallest absolute Gasteiger partial charge is 0.317 e. The van der Waals surface area contributed by atoms with Crippen molar-refractivity contribution in [3.8, 4) is 0 Å². The number of nitrogen functional groups attached to an aromatic ring is 1. The Morgan fingerprint density at radius 1 is 1.24 bits per heavy atom. The van der Waals surface area contributed by atoms with Gasteiger partial charge in [0.2, 0.25) is 0 Å². The van der Waals surface area contributed by atoms with Crippen molar-refractivity contribution in [3.63, 3.8) is 0 Å². The molecule has 0 fully saturated rings. The van der Waals surface area contributed by atoms with E-state index >= 15 is 0 Å². The highest BCUT2D eigenvalue weighted by atomic mass is 16.2. The second-order valence-corrected chi connectivity index (χ2v) is 5.85. The Kier molecular flexibility index (Phi) is 4.79. The molecule has 0 amide bonds. The lowest BCUT2D eigenvalue weighted by Gasteiger charge is -2.11. The molecule has 6 nitrogen and oxygen atoms in total. The van der Waals surface area contributed by atoms with Crippen LogP contribution in [0.5, 0.6) is 0 Å². The molecule has 2 heterocycles. The van der Waals surface area contributed by atoms with Crippen molar-refractivity contribution in [2.24, 2.45) is 0 Å². The van der Waals surface area contributed by atoms with E-state index in [0.717, 1.165) is 18.4 Å². The minimum Gasteiger partial charge on any atom is -0.382 e. The topological polar surface area (TPSA) is 93.8 Å². The average Bonchev–Trinajstić information content (AvgIpc) is 2.61. The summed E-state index contributed by atoms with van der Waals surface area (Å²) in [7, 11) is 0. The summed E-state index contributed by atoms with van der Waals surface area (Å²) in [5, 5.41) is 0. The molecule has 2 aromatic heterocycles. The van der Waals surface area contributed by atoms with E-state index in [0.29, 0.717) is 23.3 Å². The quantitative estimate of drug-likeness (QED) is 0.700. The van der Waals surface area contributed by atoms with E-state index < -0.39 is 11.1 Å². The standard InChI is InChI=1S/C19H20N4O2/c1-2-3-5-10-14-11-15-16(17(20)21-14)22-18(24)19(25)23(15)12-13-8-6-4-7-9-13/h4-11H,2-3,12H2,1H3,(H2,20,21)(H,22,24)/b10-5+. The van der Waals surface area contributed by atoms with Crippen LogP contribution in [0.25, 0.3) is 17.1 Å². The molecule has 0 radical (unpaired) electrons. The molecular weight excluding hydrogens is 316 g/mol. The fraction of sp³-hybridized carbons (Fsp3) is 0.211. The number of rotatable bonds is 5. The summed E-state index contributed by atoms with van der Waals surface area (Å²) in [5.74, 6) is 0.201. The van der Waals surface area contributed by atoms with Gasteiger partial charge in [-0.3, -0.25) is 14.2 Å². The third kappa shape index (κ3) is 3.52. The molecule has 0 spiro atoms. The van der Waals surface area contributed by atoms with E-state index in [1.54, 1.807) is 6.07 Å². The first-order valence-electron chi connectivity index (χ1n) is 8.24. The van der Waals surface area contributed by atoms with Gasteiger partial charge in [0, 0.05) is 0 Å². The summed E-state index contributed by atoms with van der Waals surface area (Å²) in [6, 6.07) is 11.3. The predicted molar refractivity (Wildman–Crippen MR) is 101 cm³/mol. The summed E-state index contributed by atoms with van der Waals surface area (Å²) >= 11 is 0. The minimum absolute atomic E-state index is 0.201. The zero-order valence-electron chi connectivity index (χ0n) is 14.0. The van der Waals surface area contributed by atoms with Crippen molar-refractivity contribution >= 4 is 22.9 Å².